The van der Waals surface area contributed by atoms with Crippen molar-refractivity contribution < 1.29 is 99.0 Å². The number of hydrogen-bond donors (Lipinski definition) is 24. The number of carboxylic acid groups (broad SMARTS) is 10. The topological polar surface area (TPSA) is 571 Å². The van der Waals surface area contributed by atoms with Gasteiger partial charge in [-0.3, -0.25) is 123 Å². The van der Waals surface area contributed by atoms with Gasteiger partial charge in [0.05, 0.1) is 146 Å². The summed E-state index contributed by atoms with van der Waals surface area (Å²) in [5.74, 6) is -36.0. The number of carboxylic acids is 10. The van der Waals surface area contributed by atoms with Crippen LogP contribution in [-0.4, -0.2) is 226 Å². The van der Waals surface area contributed by atoms with E-state index in [1.807, 2.05) is 0 Å². The van der Waals surface area contributed by atoms with Crippen LogP contribution in [0, 0.1) is 154 Å². The molecule has 10 saturated heterocycles. The molecule has 36 nitrogen and oxygen atoms in total. The van der Waals surface area contributed by atoms with E-state index in [1.165, 1.54) is 0 Å². The first-order valence-corrected chi connectivity index (χ1v) is 41.3. The summed E-state index contributed by atoms with van der Waals surface area (Å²) in [4.78, 5) is 130. The van der Waals surface area contributed by atoms with Gasteiger partial charge >= 0.3 is 75.1 Å². The summed E-state index contributed by atoms with van der Waals surface area (Å²) in [5.41, 5.74) is 0. The van der Waals surface area contributed by atoms with Crippen molar-refractivity contribution in [2.75, 3.05) is 0 Å². The molecule has 18 rings (SSSR count). The number of carbonyl (C=O) groups excluding carboxylic acids is 2. The molecule has 18 fully saturated rings. The maximum atomic E-state index is 13.2. The van der Waals surface area contributed by atoms with Crippen LogP contribution in [0.4, 0.5) is 0 Å². The van der Waals surface area contributed by atoms with E-state index in [4.69, 9.17) is 0 Å². The largest absolute Gasteiger partial charge is 2.00 e. The fourth-order valence-corrected chi connectivity index (χ4v) is 27.6. The van der Waals surface area contributed by atoms with Crippen LogP contribution in [0.15, 0.2) is 0 Å². The van der Waals surface area contributed by atoms with Gasteiger partial charge in [0.25, 0.3) is 0 Å². The minimum Gasteiger partial charge on any atom is -0.550 e. The van der Waals surface area contributed by atoms with Gasteiger partial charge in [0, 0.05) is 59.3 Å². The van der Waals surface area contributed by atoms with Crippen molar-refractivity contribution in [3.05, 3.63) is 0 Å². The van der Waals surface area contributed by atoms with Gasteiger partial charge in [-0.25, -0.2) is 0 Å². The van der Waals surface area contributed by atoms with Gasteiger partial charge in [0.15, 0.2) is 0 Å². The Morgan fingerprint density at radius 1 is 0.189 bits per heavy atom. The Morgan fingerprint density at radius 2 is 0.351 bits per heavy atom. The SMILES string of the molecule is O=C(O)C1CCCC2C3NC4NC(NC5NC(NC6NC(NC(N3)C12)C1C(C(=O)O)C(C(=O)O)C(C(=O)O)C(C(=O)[O-])C61)C1CCCCC51)C1CCCCC41.O=C(O)C1CCCC2C3NC4NC(NC5NC(NC6NC(NC(N3)C12)C1C(C(=O)O)C(C(=O)O)C(C(=O)O)C(C(=O)[O-])C61)C1CCCCC51)C1CCCCC41.[Pb+2]. The molecule has 10 aliphatic heterocycles. The van der Waals surface area contributed by atoms with E-state index < -0.39 is 191 Å². The molecule has 37 heteroatoms. The molecule has 18 aliphatic rings. The molecule has 10 heterocycles. The normalized spacial score (nSPS) is 51.1. The van der Waals surface area contributed by atoms with Crippen molar-refractivity contribution in [1.82, 2.24) is 85.1 Å². The Hall–Kier alpha value is -5.02. The molecule has 0 aromatic rings. The molecule has 42 unspecified atom stereocenters. The Balaban J connectivity index is 0.000000167. The third-order valence-corrected chi connectivity index (χ3v) is 31.6. The zero-order valence-corrected chi connectivity index (χ0v) is 65.7. The molecule has 610 valence electrons. The first-order valence-electron chi connectivity index (χ1n) is 41.3. The van der Waals surface area contributed by atoms with Gasteiger partial charge in [0.2, 0.25) is 0 Å². The molecule has 0 aromatic carbocycles. The first kappa shape index (κ1) is 79.8. The van der Waals surface area contributed by atoms with Crippen LogP contribution in [0.1, 0.15) is 141 Å². The molecule has 0 amide bonds. The monoisotopic (exact) mass is 1750 g/mol. The number of carbonyl (C=O) groups is 10. The van der Waals surface area contributed by atoms with Gasteiger partial charge in [0.1, 0.15) is 0 Å². The van der Waals surface area contributed by atoms with Crippen LogP contribution in [0.25, 0.3) is 0 Å². The average molecular weight is 1750 g/mol. The van der Waals surface area contributed by atoms with E-state index in [9.17, 15) is 99.0 Å². The zero-order valence-electron chi connectivity index (χ0n) is 61.8. The summed E-state index contributed by atoms with van der Waals surface area (Å²) >= 11 is 0. The molecule has 0 aromatic heterocycles. The number of rotatable bonds is 10. The zero-order chi connectivity index (χ0) is 76.9. The van der Waals surface area contributed by atoms with Gasteiger partial charge in [-0.1, -0.05) is 64.2 Å². The second kappa shape index (κ2) is 31.8. The van der Waals surface area contributed by atoms with E-state index in [0.29, 0.717) is 36.5 Å². The molecule has 8 aliphatic carbocycles. The summed E-state index contributed by atoms with van der Waals surface area (Å²) in [7, 11) is 0. The maximum Gasteiger partial charge on any atom is 2.00 e. The van der Waals surface area contributed by atoms with Crippen molar-refractivity contribution in [2.24, 2.45) is 154 Å². The molecule has 111 heavy (non-hydrogen) atoms. The Kier molecular flexibility index (Phi) is 22.9. The summed E-state index contributed by atoms with van der Waals surface area (Å²) in [6.07, 6.45) is 13.8. The fourth-order valence-electron chi connectivity index (χ4n) is 27.6. The predicted octanol–water partition coefficient (Wildman–Crippen LogP) is -4.73. The minimum absolute atomic E-state index is 0. The van der Waals surface area contributed by atoms with Gasteiger partial charge in [-0.2, -0.15) is 0 Å². The Labute approximate surface area is 661 Å². The van der Waals surface area contributed by atoms with Gasteiger partial charge in [-0.15, -0.1) is 0 Å². The molecule has 24 N–H and O–H groups in total. The van der Waals surface area contributed by atoms with E-state index in [-0.39, 0.29) is 124 Å². The van der Waals surface area contributed by atoms with Crippen LogP contribution in [0.2, 0.25) is 0 Å². The summed E-state index contributed by atoms with van der Waals surface area (Å²) < 4.78 is 0. The summed E-state index contributed by atoms with van der Waals surface area (Å²) in [6, 6.07) is 0. The van der Waals surface area contributed by atoms with Crippen molar-refractivity contribution >= 4 is 87.0 Å². The molecule has 0 spiro atoms. The van der Waals surface area contributed by atoms with Crippen LogP contribution in [0.3, 0.4) is 0 Å². The second-order valence-electron chi connectivity index (χ2n) is 36.2. The quantitative estimate of drug-likeness (QED) is 0.0914. The number of hydrogen-bond acceptors (Lipinski definition) is 28. The third kappa shape index (κ3) is 13.9. The smallest absolute Gasteiger partial charge is 0.550 e. The summed E-state index contributed by atoms with van der Waals surface area (Å²) in [6.45, 7) is 0. The molecule has 8 saturated carbocycles. The first-order chi connectivity index (χ1) is 52.8. The number of fused-ring (bicyclic) bond motifs is 40. The predicted molar refractivity (Wildman–Crippen MR) is 380 cm³/mol. The number of nitrogens with one attached hydrogen (secondary N) is 16. The third-order valence-electron chi connectivity index (χ3n) is 31.6. The van der Waals surface area contributed by atoms with E-state index >= 15 is 0 Å². The van der Waals surface area contributed by atoms with E-state index in [2.05, 4.69) is 85.1 Å². The van der Waals surface area contributed by atoms with E-state index in [0.717, 1.165) is 128 Å². The van der Waals surface area contributed by atoms with Gasteiger partial charge < -0.3 is 60.7 Å². The standard InChI is InChI=1S/2C37H56N8O10.Pb/c2*46-33(47)17-11-5-10-16-18(17)30-43-29(16)41-27-13-7-2-1-6-12(13)25(39-27)38-26-14-8-3-4-9-15(14)28(40-26)42-31-19-20(32(44-30)45-31)22(35(50)51)24(37(54)55)23(36(52)53)21(19)34(48)49;/h2*12-32,38-45H,1-11H2,(H,46,47)(H,48,49)(H,50,51)(H,52,53)(H,54,55);/q;;+2/p-2. The van der Waals surface area contributed by atoms with E-state index in [1.54, 1.807) is 0 Å². The van der Waals surface area contributed by atoms with Crippen LogP contribution in [-0.2, 0) is 47.9 Å². The summed E-state index contributed by atoms with van der Waals surface area (Å²) in [5, 5.41) is 170. The van der Waals surface area contributed by atoms with Crippen molar-refractivity contribution in [2.45, 2.75) is 240 Å². The van der Waals surface area contributed by atoms with Crippen LogP contribution >= 0.6 is 0 Å². The molecular formula is C74H110N16O20Pb. The minimum atomic E-state index is -2.07. The van der Waals surface area contributed by atoms with Crippen molar-refractivity contribution in [1.29, 1.82) is 0 Å². The maximum absolute atomic E-state index is 13.2. The van der Waals surface area contributed by atoms with Gasteiger partial charge in [-0.05, 0) is 136 Å². The fraction of sp³-hybridized carbons (Fsp3) is 0.865. The Morgan fingerprint density at radius 3 is 0.550 bits per heavy atom. The average Bonchev–Trinajstić information content (AvgIpc) is 1.63. The molecule has 2 radical (unpaired) electrons. The van der Waals surface area contributed by atoms with Crippen molar-refractivity contribution in [3.8, 4) is 0 Å². The van der Waals surface area contributed by atoms with Crippen LogP contribution in [0.5, 0.6) is 0 Å². The molecular weight excluding hydrogens is 1640 g/mol. The second-order valence-corrected chi connectivity index (χ2v) is 36.2. The Bertz CT molecular complexity index is 3380. The number of aliphatic carboxylic acids is 10. The van der Waals surface area contributed by atoms with Crippen molar-refractivity contribution in [3.63, 3.8) is 0 Å². The molecule has 42 atom stereocenters. The molecule has 16 bridgehead atoms. The van der Waals surface area contributed by atoms with Crippen LogP contribution < -0.4 is 95.3 Å².